The third kappa shape index (κ3) is 6.62. The zero-order valence-electron chi connectivity index (χ0n) is 24.4. The predicted molar refractivity (Wildman–Crippen MR) is 168 cm³/mol. The number of nitrogens with zero attached hydrogens (tertiary/aromatic N) is 6. The maximum Gasteiger partial charge on any atom is 0.245 e. The smallest absolute Gasteiger partial charge is 0.245 e. The summed E-state index contributed by atoms with van der Waals surface area (Å²) in [5.74, 6) is 1.33. The summed E-state index contributed by atoms with van der Waals surface area (Å²) < 4.78 is 26.6. The number of amidine groups is 1. The van der Waals surface area contributed by atoms with E-state index in [4.69, 9.17) is 20.5 Å². The molecule has 12 heteroatoms. The van der Waals surface area contributed by atoms with E-state index >= 15 is 4.39 Å². The van der Waals surface area contributed by atoms with Crippen LogP contribution in [0.25, 0.3) is 0 Å². The number of halogens is 1. The number of benzene rings is 2. The van der Waals surface area contributed by atoms with E-state index in [0.717, 1.165) is 12.8 Å². The second-order valence-electron chi connectivity index (χ2n) is 10.5. The van der Waals surface area contributed by atoms with E-state index in [1.54, 1.807) is 48.5 Å². The Morgan fingerprint density at radius 2 is 1.93 bits per heavy atom. The van der Waals surface area contributed by atoms with Crippen molar-refractivity contribution in [2.75, 3.05) is 43.5 Å². The molecule has 0 bridgehead atoms. The first-order valence-electron chi connectivity index (χ1n) is 14.1. The third-order valence-electron chi connectivity index (χ3n) is 7.61. The lowest BCUT2D eigenvalue weighted by Crippen LogP contribution is -2.46. The molecule has 11 nitrogen and oxygen atoms in total. The number of carbonyl (C=O) groups excluding carboxylic acids is 1. The van der Waals surface area contributed by atoms with Crippen LogP contribution in [0.15, 0.2) is 71.3 Å². The fourth-order valence-electron chi connectivity index (χ4n) is 5.13. The van der Waals surface area contributed by atoms with Gasteiger partial charge in [-0.25, -0.2) is 14.4 Å². The van der Waals surface area contributed by atoms with Crippen molar-refractivity contribution < 1.29 is 18.7 Å². The zero-order valence-corrected chi connectivity index (χ0v) is 24.4. The van der Waals surface area contributed by atoms with E-state index < -0.39 is 5.82 Å². The van der Waals surface area contributed by atoms with Gasteiger partial charge in [0.2, 0.25) is 5.91 Å². The number of rotatable bonds is 10. The first-order valence-corrected chi connectivity index (χ1v) is 14.1. The van der Waals surface area contributed by atoms with Crippen molar-refractivity contribution in [3.8, 4) is 23.3 Å². The molecule has 2 aromatic carbocycles. The molecule has 2 saturated heterocycles. The van der Waals surface area contributed by atoms with Crippen LogP contribution in [0.1, 0.15) is 18.4 Å². The third-order valence-corrected chi connectivity index (χ3v) is 7.61. The number of aromatic nitrogens is 1. The van der Waals surface area contributed by atoms with Crippen molar-refractivity contribution in [1.82, 2.24) is 9.88 Å². The highest BCUT2D eigenvalue weighted by Gasteiger charge is 2.28. The molecule has 2 aliphatic rings. The van der Waals surface area contributed by atoms with E-state index in [1.165, 1.54) is 18.2 Å². The Bertz CT molecular complexity index is 1640. The SMILES string of the molecule is C=CC(=O)N1CCC(Nc2cc(C(N)=Nc3ccc(Oc4ccnc(N5CC(C#N)C5)c4)cc3F)c(N=C)cc2OC)CC1. The molecule has 2 fully saturated rings. The molecule has 1 amide bonds. The van der Waals surface area contributed by atoms with Crippen LogP contribution in [0, 0.1) is 23.1 Å². The van der Waals surface area contributed by atoms with Gasteiger partial charge >= 0.3 is 0 Å². The van der Waals surface area contributed by atoms with E-state index in [9.17, 15) is 4.79 Å². The number of piperidine rings is 1. The van der Waals surface area contributed by atoms with Gasteiger partial charge in [0, 0.05) is 62.2 Å². The average Bonchev–Trinajstić information content (AvgIpc) is 3.01. The van der Waals surface area contributed by atoms with Crippen LogP contribution < -0.4 is 25.4 Å². The number of nitrogens with one attached hydrogen (secondary N) is 1. The number of hydrogen-bond donors (Lipinski definition) is 2. The van der Waals surface area contributed by atoms with Gasteiger partial charge in [-0.2, -0.15) is 5.26 Å². The number of ether oxygens (including phenoxy) is 2. The van der Waals surface area contributed by atoms with Crippen molar-refractivity contribution in [2.24, 2.45) is 21.6 Å². The van der Waals surface area contributed by atoms with Gasteiger partial charge in [0.15, 0.2) is 5.82 Å². The largest absolute Gasteiger partial charge is 0.495 e. The molecule has 1 aromatic heterocycles. The van der Waals surface area contributed by atoms with Gasteiger partial charge < -0.3 is 30.3 Å². The summed E-state index contributed by atoms with van der Waals surface area (Å²) in [5, 5.41) is 12.5. The monoisotopic (exact) mass is 596 g/mol. The molecule has 5 rings (SSSR count). The number of nitrogens with two attached hydrogens (primary N) is 1. The minimum absolute atomic E-state index is 0.00558. The first-order chi connectivity index (χ1) is 21.3. The molecule has 0 atom stereocenters. The Morgan fingerprint density at radius 3 is 2.59 bits per heavy atom. The summed E-state index contributed by atoms with van der Waals surface area (Å²) in [6.45, 7) is 9.64. The molecule has 44 heavy (non-hydrogen) atoms. The van der Waals surface area contributed by atoms with Crippen molar-refractivity contribution in [1.29, 1.82) is 5.26 Å². The van der Waals surface area contributed by atoms with E-state index in [2.05, 4.69) is 39.7 Å². The van der Waals surface area contributed by atoms with Crippen molar-refractivity contribution >= 4 is 41.3 Å². The fourth-order valence-corrected chi connectivity index (χ4v) is 5.13. The maximum absolute atomic E-state index is 15.2. The quantitative estimate of drug-likeness (QED) is 0.191. The van der Waals surface area contributed by atoms with Gasteiger partial charge in [-0.3, -0.25) is 9.79 Å². The molecule has 0 saturated carbocycles. The van der Waals surface area contributed by atoms with Gasteiger partial charge in [-0.1, -0.05) is 6.58 Å². The number of hydrogen-bond acceptors (Lipinski definition) is 9. The summed E-state index contributed by atoms with van der Waals surface area (Å²) in [7, 11) is 1.55. The van der Waals surface area contributed by atoms with Crippen molar-refractivity contribution in [2.45, 2.75) is 18.9 Å². The maximum atomic E-state index is 15.2. The highest BCUT2D eigenvalue weighted by Crippen LogP contribution is 2.36. The minimum Gasteiger partial charge on any atom is -0.495 e. The van der Waals surface area contributed by atoms with Gasteiger partial charge in [0.25, 0.3) is 0 Å². The number of carbonyl (C=O) groups is 1. The normalized spacial score (nSPS) is 15.6. The predicted octanol–water partition coefficient (Wildman–Crippen LogP) is 4.94. The highest BCUT2D eigenvalue weighted by molar-refractivity contribution is 6.04. The van der Waals surface area contributed by atoms with Gasteiger partial charge in [0.05, 0.1) is 30.5 Å². The minimum atomic E-state index is -0.625. The molecular formula is C32H33FN8O3. The van der Waals surface area contributed by atoms with Crippen LogP contribution in [-0.4, -0.2) is 67.7 Å². The van der Waals surface area contributed by atoms with Crippen LogP contribution in [-0.2, 0) is 4.79 Å². The fraction of sp³-hybridized carbons (Fsp3) is 0.281. The van der Waals surface area contributed by atoms with Gasteiger partial charge in [0.1, 0.15) is 34.6 Å². The van der Waals surface area contributed by atoms with Crippen LogP contribution in [0.5, 0.6) is 17.2 Å². The highest BCUT2D eigenvalue weighted by atomic mass is 19.1. The number of methoxy groups -OCH3 is 1. The molecule has 0 spiro atoms. The summed E-state index contributed by atoms with van der Waals surface area (Å²) in [4.78, 5) is 28.4. The number of anilines is 2. The Balaban J connectivity index is 1.32. The lowest BCUT2D eigenvalue weighted by molar-refractivity contribution is -0.126. The van der Waals surface area contributed by atoms with Crippen LogP contribution in [0.4, 0.5) is 27.3 Å². The number of amides is 1. The van der Waals surface area contributed by atoms with E-state index in [1.807, 2.05) is 4.90 Å². The van der Waals surface area contributed by atoms with Crippen LogP contribution in [0.2, 0.25) is 0 Å². The lowest BCUT2D eigenvalue weighted by Gasteiger charge is -2.36. The van der Waals surface area contributed by atoms with Crippen LogP contribution >= 0.6 is 0 Å². The second kappa shape index (κ2) is 13.2. The Hall–Kier alpha value is -5.44. The standard InChI is InChI=1S/C32H33FN8O3/c1-4-31(42)40-11-8-21(9-12-40)38-28-15-24(27(36-2)16-29(28)43-3)32(35)39-26-6-5-22(13-25(26)33)44-23-7-10-37-30(14-23)41-18-20(17-34)19-41/h4-7,10,13-16,20-21,38H,1-2,8-9,11-12,18-19H2,3H3,(H2,35,39). The molecule has 2 aliphatic heterocycles. The topological polar surface area (TPSA) is 141 Å². The lowest BCUT2D eigenvalue weighted by atomic mass is 10.0. The first kappa shape index (κ1) is 30.0. The summed E-state index contributed by atoms with van der Waals surface area (Å²) in [6, 6.07) is 13.5. The van der Waals surface area contributed by atoms with Crippen molar-refractivity contribution in [3.63, 3.8) is 0 Å². The second-order valence-corrected chi connectivity index (χ2v) is 10.5. The molecule has 0 aliphatic carbocycles. The number of likely N-dealkylation sites (tertiary alicyclic amines) is 1. The Morgan fingerprint density at radius 1 is 1.18 bits per heavy atom. The summed E-state index contributed by atoms with van der Waals surface area (Å²) in [6.07, 6.45) is 4.41. The molecule has 0 unspecified atom stereocenters. The summed E-state index contributed by atoms with van der Waals surface area (Å²) in [5.41, 5.74) is 7.96. The molecule has 3 heterocycles. The van der Waals surface area contributed by atoms with Gasteiger partial charge in [-0.05, 0) is 49.9 Å². The van der Waals surface area contributed by atoms with Crippen LogP contribution in [0.3, 0.4) is 0 Å². The molecule has 3 aromatic rings. The van der Waals surface area contributed by atoms with E-state index in [0.29, 0.717) is 60.4 Å². The molecule has 226 valence electrons. The summed E-state index contributed by atoms with van der Waals surface area (Å²) >= 11 is 0. The molecule has 3 N–H and O–H groups in total. The Kier molecular flexibility index (Phi) is 9.04. The number of nitriles is 1. The molecule has 0 radical (unpaired) electrons. The number of pyridine rings is 1. The van der Waals surface area contributed by atoms with E-state index in [-0.39, 0.29) is 35.1 Å². The Labute approximate surface area is 255 Å². The number of aliphatic imine (C=N–C) groups is 2. The molecular weight excluding hydrogens is 563 g/mol. The van der Waals surface area contributed by atoms with Gasteiger partial charge in [-0.15, -0.1) is 0 Å². The average molecular weight is 597 g/mol. The zero-order chi connectivity index (χ0) is 31.2. The van der Waals surface area contributed by atoms with Crippen molar-refractivity contribution in [3.05, 3.63) is 72.7 Å².